The summed E-state index contributed by atoms with van der Waals surface area (Å²) in [5.74, 6) is 0.193. The third kappa shape index (κ3) is 2.12. The van der Waals surface area contributed by atoms with E-state index in [1.54, 1.807) is 12.4 Å². The number of amides is 1. The van der Waals surface area contributed by atoms with Crippen molar-refractivity contribution >= 4 is 24.0 Å². The zero-order valence-corrected chi connectivity index (χ0v) is 10.2. The molecule has 3 heterocycles. The Morgan fingerprint density at radius 2 is 2.12 bits per heavy atom. The van der Waals surface area contributed by atoms with Crippen LogP contribution in [0.2, 0.25) is 0 Å². The first kappa shape index (κ1) is 12.3. The summed E-state index contributed by atoms with van der Waals surface area (Å²) in [7, 11) is 0. The van der Waals surface area contributed by atoms with Gasteiger partial charge in [0.15, 0.2) is 0 Å². The van der Waals surface area contributed by atoms with Gasteiger partial charge in [0.1, 0.15) is 6.33 Å². The van der Waals surface area contributed by atoms with E-state index < -0.39 is 0 Å². The van der Waals surface area contributed by atoms with Gasteiger partial charge in [-0.3, -0.25) is 4.79 Å². The highest BCUT2D eigenvalue weighted by Gasteiger charge is 2.45. The SMILES string of the molecule is Cl.O=C1CC2(CCNC2)CN1c1cncnc1. The fourth-order valence-electron chi connectivity index (χ4n) is 2.64. The number of anilines is 1. The Balaban J connectivity index is 0.00000108. The molecular formula is C11H15ClN4O. The van der Waals surface area contributed by atoms with Crippen LogP contribution >= 0.6 is 12.4 Å². The second-order valence-electron chi connectivity index (χ2n) is 4.68. The van der Waals surface area contributed by atoms with Gasteiger partial charge in [0.25, 0.3) is 0 Å². The highest BCUT2D eigenvalue weighted by atomic mass is 35.5. The molecular weight excluding hydrogens is 240 g/mol. The van der Waals surface area contributed by atoms with Gasteiger partial charge in [0.05, 0.1) is 18.1 Å². The van der Waals surface area contributed by atoms with Crippen molar-refractivity contribution in [3.8, 4) is 0 Å². The normalized spacial score (nSPS) is 27.5. The Labute approximate surface area is 106 Å². The Morgan fingerprint density at radius 3 is 2.76 bits per heavy atom. The minimum Gasteiger partial charge on any atom is -0.316 e. The lowest BCUT2D eigenvalue weighted by molar-refractivity contribution is -0.117. The maximum absolute atomic E-state index is 12.0. The molecule has 1 spiro atoms. The lowest BCUT2D eigenvalue weighted by Gasteiger charge is -2.21. The fraction of sp³-hybridized carbons (Fsp3) is 0.545. The molecule has 2 saturated heterocycles. The van der Waals surface area contributed by atoms with Crippen molar-refractivity contribution in [1.82, 2.24) is 15.3 Å². The number of nitrogens with zero attached hydrogens (tertiary/aromatic N) is 3. The second kappa shape index (κ2) is 4.58. The van der Waals surface area contributed by atoms with Gasteiger partial charge in [0, 0.05) is 24.9 Å². The predicted octanol–water partition coefficient (Wildman–Crippen LogP) is 0.615. The van der Waals surface area contributed by atoms with Gasteiger partial charge in [-0.2, -0.15) is 0 Å². The van der Waals surface area contributed by atoms with E-state index in [4.69, 9.17) is 0 Å². The van der Waals surface area contributed by atoms with E-state index in [1.807, 2.05) is 4.90 Å². The summed E-state index contributed by atoms with van der Waals surface area (Å²) in [5.41, 5.74) is 0.962. The summed E-state index contributed by atoms with van der Waals surface area (Å²) < 4.78 is 0. The van der Waals surface area contributed by atoms with Gasteiger partial charge in [0.2, 0.25) is 5.91 Å². The zero-order valence-electron chi connectivity index (χ0n) is 9.43. The maximum Gasteiger partial charge on any atom is 0.227 e. The average molecular weight is 255 g/mol. The molecule has 0 saturated carbocycles. The molecule has 1 unspecified atom stereocenters. The molecule has 0 bridgehead atoms. The van der Waals surface area contributed by atoms with Gasteiger partial charge >= 0.3 is 0 Å². The molecule has 1 amide bonds. The molecule has 3 rings (SSSR count). The molecule has 6 heteroatoms. The van der Waals surface area contributed by atoms with Crippen molar-refractivity contribution in [3.63, 3.8) is 0 Å². The molecule has 0 aliphatic carbocycles. The van der Waals surface area contributed by atoms with Crippen LogP contribution < -0.4 is 10.2 Å². The van der Waals surface area contributed by atoms with Crippen molar-refractivity contribution in [2.45, 2.75) is 12.8 Å². The molecule has 1 atom stereocenters. The van der Waals surface area contributed by atoms with E-state index in [-0.39, 0.29) is 23.7 Å². The molecule has 92 valence electrons. The number of nitrogens with one attached hydrogen (secondary N) is 1. The van der Waals surface area contributed by atoms with Crippen LogP contribution in [-0.4, -0.2) is 35.5 Å². The summed E-state index contributed by atoms with van der Waals surface area (Å²) in [6, 6.07) is 0. The van der Waals surface area contributed by atoms with E-state index in [9.17, 15) is 4.79 Å². The van der Waals surface area contributed by atoms with E-state index in [0.717, 1.165) is 31.7 Å². The van der Waals surface area contributed by atoms with Crippen molar-refractivity contribution in [2.75, 3.05) is 24.5 Å². The Kier molecular flexibility index (Phi) is 3.31. The largest absolute Gasteiger partial charge is 0.316 e. The van der Waals surface area contributed by atoms with E-state index in [2.05, 4.69) is 15.3 Å². The molecule has 2 aliphatic heterocycles. The molecule has 0 radical (unpaired) electrons. The van der Waals surface area contributed by atoms with Crippen LogP contribution in [0.5, 0.6) is 0 Å². The zero-order chi connectivity index (χ0) is 11.0. The molecule has 5 nitrogen and oxygen atoms in total. The minimum atomic E-state index is 0. The number of hydrogen-bond acceptors (Lipinski definition) is 4. The number of aromatic nitrogens is 2. The third-order valence-corrected chi connectivity index (χ3v) is 3.51. The number of rotatable bonds is 1. The number of carbonyl (C=O) groups is 1. The van der Waals surface area contributed by atoms with Gasteiger partial charge < -0.3 is 10.2 Å². The monoisotopic (exact) mass is 254 g/mol. The Bertz CT molecular complexity index is 405. The quantitative estimate of drug-likeness (QED) is 0.798. The summed E-state index contributed by atoms with van der Waals surface area (Å²) in [4.78, 5) is 21.7. The van der Waals surface area contributed by atoms with Crippen molar-refractivity contribution in [1.29, 1.82) is 0 Å². The van der Waals surface area contributed by atoms with Gasteiger partial charge in [-0.15, -0.1) is 12.4 Å². The van der Waals surface area contributed by atoms with Crippen molar-refractivity contribution in [2.24, 2.45) is 5.41 Å². The van der Waals surface area contributed by atoms with Gasteiger partial charge in [-0.1, -0.05) is 0 Å². The lowest BCUT2D eigenvalue weighted by Crippen LogP contribution is -2.30. The predicted molar refractivity (Wildman–Crippen MR) is 66.2 cm³/mol. The Morgan fingerprint density at radius 1 is 1.35 bits per heavy atom. The first-order valence-electron chi connectivity index (χ1n) is 5.55. The molecule has 1 N–H and O–H groups in total. The minimum absolute atomic E-state index is 0. The first-order chi connectivity index (χ1) is 7.79. The van der Waals surface area contributed by atoms with E-state index >= 15 is 0 Å². The van der Waals surface area contributed by atoms with Crippen LogP contribution in [0.1, 0.15) is 12.8 Å². The van der Waals surface area contributed by atoms with Crippen LogP contribution in [0.25, 0.3) is 0 Å². The first-order valence-corrected chi connectivity index (χ1v) is 5.55. The third-order valence-electron chi connectivity index (χ3n) is 3.51. The average Bonchev–Trinajstić information content (AvgIpc) is 2.88. The summed E-state index contributed by atoms with van der Waals surface area (Å²) in [5, 5.41) is 3.34. The van der Waals surface area contributed by atoms with Crippen molar-refractivity contribution in [3.05, 3.63) is 18.7 Å². The molecule has 2 aliphatic rings. The number of hydrogen-bond donors (Lipinski definition) is 1. The highest BCUT2D eigenvalue weighted by molar-refractivity contribution is 5.96. The van der Waals surface area contributed by atoms with Crippen molar-refractivity contribution < 1.29 is 4.79 Å². The lowest BCUT2D eigenvalue weighted by atomic mass is 9.86. The summed E-state index contributed by atoms with van der Waals surface area (Å²) >= 11 is 0. The second-order valence-corrected chi connectivity index (χ2v) is 4.68. The summed E-state index contributed by atoms with van der Waals surface area (Å²) in [6.45, 7) is 2.77. The fourth-order valence-corrected chi connectivity index (χ4v) is 2.64. The molecule has 1 aromatic heterocycles. The standard InChI is InChI=1S/C11H14N4O.ClH/c16-10-3-11(1-2-12-6-11)7-15(10)9-4-13-8-14-5-9;/h4-5,8,12H,1-3,6-7H2;1H. The van der Waals surface area contributed by atoms with Crippen LogP contribution in [0, 0.1) is 5.41 Å². The van der Waals surface area contributed by atoms with Crippen LogP contribution in [0.15, 0.2) is 18.7 Å². The van der Waals surface area contributed by atoms with Crippen LogP contribution in [0.3, 0.4) is 0 Å². The maximum atomic E-state index is 12.0. The molecule has 17 heavy (non-hydrogen) atoms. The highest BCUT2D eigenvalue weighted by Crippen LogP contribution is 2.38. The summed E-state index contributed by atoms with van der Waals surface area (Å²) in [6.07, 6.45) is 6.62. The van der Waals surface area contributed by atoms with Crippen LogP contribution in [-0.2, 0) is 4.79 Å². The number of carbonyl (C=O) groups excluding carboxylic acids is 1. The smallest absolute Gasteiger partial charge is 0.227 e. The van der Waals surface area contributed by atoms with Crippen LogP contribution in [0.4, 0.5) is 5.69 Å². The van der Waals surface area contributed by atoms with E-state index in [0.29, 0.717) is 6.42 Å². The Hall–Kier alpha value is -1.20. The van der Waals surface area contributed by atoms with Gasteiger partial charge in [-0.05, 0) is 13.0 Å². The van der Waals surface area contributed by atoms with E-state index in [1.165, 1.54) is 6.33 Å². The van der Waals surface area contributed by atoms with Gasteiger partial charge in [-0.25, -0.2) is 9.97 Å². The molecule has 2 fully saturated rings. The number of halogens is 1. The molecule has 1 aromatic rings. The topological polar surface area (TPSA) is 58.1 Å². The molecule has 0 aromatic carbocycles.